The minimum atomic E-state index is 0.170. The van der Waals surface area contributed by atoms with E-state index in [4.69, 9.17) is 0 Å². The standard InChI is InChI=1S/C8H11O/c1-7(9)6-8-4-2-3-5-8/h4,6H,2-3,5H2,1H3. The van der Waals surface area contributed by atoms with Crippen LogP contribution in [-0.2, 0) is 4.79 Å². The Labute approximate surface area is 55.8 Å². The summed E-state index contributed by atoms with van der Waals surface area (Å²) >= 11 is 0. The van der Waals surface area contributed by atoms with E-state index in [1.807, 2.05) is 0 Å². The van der Waals surface area contributed by atoms with Crippen LogP contribution in [0.5, 0.6) is 0 Å². The molecule has 0 spiro atoms. The number of ketones is 1. The van der Waals surface area contributed by atoms with Gasteiger partial charge in [-0.3, -0.25) is 4.79 Å². The van der Waals surface area contributed by atoms with Gasteiger partial charge in [-0.05, 0) is 26.2 Å². The van der Waals surface area contributed by atoms with E-state index in [1.165, 1.54) is 12.0 Å². The van der Waals surface area contributed by atoms with Crippen molar-refractivity contribution < 1.29 is 4.79 Å². The largest absolute Gasteiger partial charge is 0.299 e. The second kappa shape index (κ2) is 2.81. The van der Waals surface area contributed by atoms with Crippen LogP contribution in [0.3, 0.4) is 0 Å². The SMILES string of the molecule is CC(=O)[CH]C1=CCCC1. The third-order valence-electron chi connectivity index (χ3n) is 1.46. The Morgan fingerprint density at radius 2 is 2.56 bits per heavy atom. The summed E-state index contributed by atoms with van der Waals surface area (Å²) in [5.74, 6) is 0.170. The maximum atomic E-state index is 10.5. The second-order valence-corrected chi connectivity index (χ2v) is 2.43. The highest BCUT2D eigenvalue weighted by molar-refractivity contribution is 5.88. The molecule has 1 rings (SSSR count). The molecule has 0 atom stereocenters. The van der Waals surface area contributed by atoms with Gasteiger partial charge in [-0.1, -0.05) is 11.6 Å². The maximum Gasteiger partial charge on any atom is 0.137 e. The maximum absolute atomic E-state index is 10.5. The minimum Gasteiger partial charge on any atom is -0.299 e. The van der Waals surface area contributed by atoms with Crippen LogP contribution in [0.15, 0.2) is 11.6 Å². The van der Waals surface area contributed by atoms with Crippen molar-refractivity contribution in [3.8, 4) is 0 Å². The van der Waals surface area contributed by atoms with Crippen molar-refractivity contribution in [2.75, 3.05) is 0 Å². The van der Waals surface area contributed by atoms with Crippen LogP contribution in [0.4, 0.5) is 0 Å². The summed E-state index contributed by atoms with van der Waals surface area (Å²) in [6, 6.07) is 0. The molecule has 0 unspecified atom stereocenters. The summed E-state index contributed by atoms with van der Waals surface area (Å²) in [4.78, 5) is 10.5. The van der Waals surface area contributed by atoms with E-state index in [-0.39, 0.29) is 5.78 Å². The molecule has 0 aliphatic heterocycles. The Balaban J connectivity index is 2.35. The monoisotopic (exact) mass is 123 g/mol. The first-order chi connectivity index (χ1) is 4.29. The minimum absolute atomic E-state index is 0.170. The molecule has 1 radical (unpaired) electrons. The van der Waals surface area contributed by atoms with Gasteiger partial charge in [-0.2, -0.15) is 0 Å². The lowest BCUT2D eigenvalue weighted by molar-refractivity contribution is -0.113. The number of rotatable bonds is 2. The quantitative estimate of drug-likeness (QED) is 0.548. The van der Waals surface area contributed by atoms with Crippen molar-refractivity contribution >= 4 is 5.78 Å². The molecule has 0 amide bonds. The average molecular weight is 123 g/mol. The topological polar surface area (TPSA) is 17.1 Å². The molecule has 49 valence electrons. The number of hydrogen-bond donors (Lipinski definition) is 0. The Bertz CT molecular complexity index is 145. The third-order valence-corrected chi connectivity index (χ3v) is 1.46. The zero-order valence-corrected chi connectivity index (χ0v) is 5.68. The molecular formula is C8H11O. The zero-order chi connectivity index (χ0) is 6.69. The third kappa shape index (κ3) is 2.00. The first-order valence-electron chi connectivity index (χ1n) is 3.33. The smallest absolute Gasteiger partial charge is 0.137 e. The van der Waals surface area contributed by atoms with Gasteiger partial charge in [0, 0.05) is 0 Å². The highest BCUT2D eigenvalue weighted by atomic mass is 16.1. The molecule has 0 saturated heterocycles. The molecule has 0 aromatic carbocycles. The summed E-state index contributed by atoms with van der Waals surface area (Å²) in [7, 11) is 0. The van der Waals surface area contributed by atoms with Crippen LogP contribution >= 0.6 is 0 Å². The molecule has 0 N–H and O–H groups in total. The van der Waals surface area contributed by atoms with Crippen LogP contribution in [0, 0.1) is 6.42 Å². The van der Waals surface area contributed by atoms with Crippen molar-refractivity contribution in [2.45, 2.75) is 26.2 Å². The van der Waals surface area contributed by atoms with Crippen LogP contribution in [0.1, 0.15) is 26.2 Å². The van der Waals surface area contributed by atoms with Gasteiger partial charge in [0.25, 0.3) is 0 Å². The predicted molar refractivity (Wildman–Crippen MR) is 36.9 cm³/mol. The van der Waals surface area contributed by atoms with E-state index >= 15 is 0 Å². The average Bonchev–Trinajstić information content (AvgIpc) is 2.15. The lowest BCUT2D eigenvalue weighted by atomic mass is 10.1. The second-order valence-electron chi connectivity index (χ2n) is 2.43. The van der Waals surface area contributed by atoms with Gasteiger partial charge in [-0.25, -0.2) is 0 Å². The molecule has 0 bridgehead atoms. The molecule has 9 heavy (non-hydrogen) atoms. The molecule has 1 aliphatic carbocycles. The molecule has 0 saturated carbocycles. The van der Waals surface area contributed by atoms with Crippen molar-refractivity contribution in [1.29, 1.82) is 0 Å². The van der Waals surface area contributed by atoms with Crippen molar-refractivity contribution in [3.63, 3.8) is 0 Å². The summed E-state index contributed by atoms with van der Waals surface area (Å²) in [5.41, 5.74) is 1.22. The van der Waals surface area contributed by atoms with Crippen molar-refractivity contribution in [3.05, 3.63) is 18.1 Å². The Morgan fingerprint density at radius 1 is 1.78 bits per heavy atom. The van der Waals surface area contributed by atoms with E-state index in [9.17, 15) is 4.79 Å². The van der Waals surface area contributed by atoms with Gasteiger partial charge in [0.15, 0.2) is 0 Å². The molecule has 0 aromatic rings. The van der Waals surface area contributed by atoms with Crippen LogP contribution in [0.25, 0.3) is 0 Å². The number of carbonyl (C=O) groups is 1. The van der Waals surface area contributed by atoms with Gasteiger partial charge >= 0.3 is 0 Å². The van der Waals surface area contributed by atoms with E-state index < -0.39 is 0 Å². The van der Waals surface area contributed by atoms with E-state index in [2.05, 4.69) is 6.08 Å². The van der Waals surface area contributed by atoms with Gasteiger partial charge in [0.2, 0.25) is 0 Å². The van der Waals surface area contributed by atoms with E-state index in [0.717, 1.165) is 12.8 Å². The molecule has 1 nitrogen and oxygen atoms in total. The fourth-order valence-electron chi connectivity index (χ4n) is 1.09. The fraction of sp³-hybridized carbons (Fsp3) is 0.500. The highest BCUT2D eigenvalue weighted by Crippen LogP contribution is 2.19. The van der Waals surface area contributed by atoms with Crippen LogP contribution < -0.4 is 0 Å². The van der Waals surface area contributed by atoms with Crippen molar-refractivity contribution in [2.24, 2.45) is 0 Å². The van der Waals surface area contributed by atoms with E-state index in [0.29, 0.717) is 0 Å². The number of hydrogen-bond acceptors (Lipinski definition) is 1. The fourth-order valence-corrected chi connectivity index (χ4v) is 1.09. The summed E-state index contributed by atoms with van der Waals surface area (Å²) in [6.45, 7) is 1.60. The number of carbonyl (C=O) groups excluding carboxylic acids is 1. The van der Waals surface area contributed by atoms with Gasteiger partial charge in [0.1, 0.15) is 5.78 Å². The van der Waals surface area contributed by atoms with E-state index in [1.54, 1.807) is 13.3 Å². The normalized spacial score (nSPS) is 17.7. The van der Waals surface area contributed by atoms with Gasteiger partial charge < -0.3 is 0 Å². The molecule has 1 aliphatic rings. The summed E-state index contributed by atoms with van der Waals surface area (Å²) in [5, 5.41) is 0. The summed E-state index contributed by atoms with van der Waals surface area (Å²) < 4.78 is 0. The number of Topliss-reactive ketones (excluding diaryl/α,β-unsaturated/α-hetero) is 1. The first-order valence-corrected chi connectivity index (χ1v) is 3.33. The Kier molecular flexibility index (Phi) is 2.04. The van der Waals surface area contributed by atoms with Gasteiger partial charge in [0.05, 0.1) is 6.42 Å². The highest BCUT2D eigenvalue weighted by Gasteiger charge is 2.05. The van der Waals surface area contributed by atoms with Gasteiger partial charge in [-0.15, -0.1) is 0 Å². The predicted octanol–water partition coefficient (Wildman–Crippen LogP) is 1.89. The first kappa shape index (κ1) is 6.53. The van der Waals surface area contributed by atoms with Crippen LogP contribution in [0.2, 0.25) is 0 Å². The lowest BCUT2D eigenvalue weighted by Crippen LogP contribution is -1.91. The summed E-state index contributed by atoms with van der Waals surface area (Å²) in [6.07, 6.45) is 7.34. The molecule has 1 heteroatoms. The van der Waals surface area contributed by atoms with Crippen molar-refractivity contribution in [1.82, 2.24) is 0 Å². The molecule has 0 fully saturated rings. The molecule has 0 aromatic heterocycles. The lowest BCUT2D eigenvalue weighted by Gasteiger charge is -1.92. The molecular weight excluding hydrogens is 112 g/mol. The zero-order valence-electron chi connectivity index (χ0n) is 5.68. The Hall–Kier alpha value is -0.590. The number of allylic oxidation sites excluding steroid dienone is 2. The Morgan fingerprint density at radius 3 is 3.00 bits per heavy atom. The van der Waals surface area contributed by atoms with Crippen LogP contribution in [-0.4, -0.2) is 5.78 Å². The molecule has 0 heterocycles.